The Hall–Kier alpha value is -2.30. The third kappa shape index (κ3) is 3.17. The number of benzene rings is 1. The number of fused-ring (bicyclic) bond motifs is 1. The predicted octanol–water partition coefficient (Wildman–Crippen LogP) is 3.60. The van der Waals surface area contributed by atoms with Crippen LogP contribution in [-0.4, -0.2) is 21.8 Å². The van der Waals surface area contributed by atoms with E-state index in [1.807, 2.05) is 19.1 Å². The van der Waals surface area contributed by atoms with Gasteiger partial charge in [0.25, 0.3) is 0 Å². The van der Waals surface area contributed by atoms with Gasteiger partial charge in [-0.3, -0.25) is 5.32 Å². The number of ether oxygens (including phenoxy) is 1. The minimum Gasteiger partial charge on any atom is -0.504 e. The molecule has 106 valence electrons. The molecule has 0 saturated carbocycles. The summed E-state index contributed by atoms with van der Waals surface area (Å²) < 4.78 is 5.15. The number of nitrogens with one attached hydrogen (secondary N) is 1. The van der Waals surface area contributed by atoms with Gasteiger partial charge in [-0.05, 0) is 39.8 Å². The van der Waals surface area contributed by atoms with E-state index in [9.17, 15) is 9.90 Å². The van der Waals surface area contributed by atoms with Crippen LogP contribution in [0.4, 0.5) is 10.5 Å². The Kier molecular flexibility index (Phi) is 3.53. The molecule has 1 aromatic heterocycles. The Balaban J connectivity index is 2.31. The number of hydrogen-bond acceptors (Lipinski definition) is 4. The molecular weight excluding hydrogens is 256 g/mol. The van der Waals surface area contributed by atoms with Gasteiger partial charge in [0.15, 0.2) is 5.75 Å². The molecule has 2 N–H and O–H groups in total. The first-order chi connectivity index (χ1) is 9.26. The summed E-state index contributed by atoms with van der Waals surface area (Å²) in [5.74, 6) is -0.0583. The zero-order valence-electron chi connectivity index (χ0n) is 12.0. The molecule has 1 amide bonds. The molecule has 0 aliphatic heterocycles. The number of amides is 1. The lowest BCUT2D eigenvalue weighted by Gasteiger charge is -2.20. The van der Waals surface area contributed by atoms with E-state index >= 15 is 0 Å². The first kappa shape index (κ1) is 14.1. The molecular formula is C15H18N2O3. The quantitative estimate of drug-likeness (QED) is 0.779. The van der Waals surface area contributed by atoms with Crippen molar-refractivity contribution in [1.29, 1.82) is 0 Å². The first-order valence-corrected chi connectivity index (χ1v) is 6.35. The van der Waals surface area contributed by atoms with Gasteiger partial charge in [0.05, 0.1) is 5.69 Å². The summed E-state index contributed by atoms with van der Waals surface area (Å²) in [5.41, 5.74) is 0.941. The zero-order valence-corrected chi connectivity index (χ0v) is 12.0. The Morgan fingerprint density at radius 3 is 2.55 bits per heavy atom. The second-order valence-corrected chi connectivity index (χ2v) is 5.61. The van der Waals surface area contributed by atoms with Crippen LogP contribution >= 0.6 is 0 Å². The number of anilines is 1. The van der Waals surface area contributed by atoms with Crippen molar-refractivity contribution in [3.8, 4) is 5.75 Å². The number of aromatic hydroxyl groups is 1. The van der Waals surface area contributed by atoms with Crippen LogP contribution in [0.15, 0.2) is 24.3 Å². The number of rotatable bonds is 1. The Bertz CT molecular complexity index is 660. The summed E-state index contributed by atoms with van der Waals surface area (Å²) in [5, 5.41) is 13.5. The van der Waals surface area contributed by atoms with Crippen molar-refractivity contribution in [2.75, 3.05) is 5.32 Å². The number of hydrogen-bond donors (Lipinski definition) is 2. The fourth-order valence-electron chi connectivity index (χ4n) is 1.79. The van der Waals surface area contributed by atoms with Crippen LogP contribution in [0, 0.1) is 6.92 Å². The second kappa shape index (κ2) is 5.00. The molecule has 0 unspecified atom stereocenters. The summed E-state index contributed by atoms with van der Waals surface area (Å²) in [6.45, 7) is 7.17. The lowest BCUT2D eigenvalue weighted by Crippen LogP contribution is -2.27. The van der Waals surface area contributed by atoms with Gasteiger partial charge in [-0.1, -0.05) is 12.1 Å². The van der Waals surface area contributed by atoms with E-state index in [1.54, 1.807) is 32.9 Å². The molecule has 2 aromatic rings. The van der Waals surface area contributed by atoms with Crippen LogP contribution < -0.4 is 5.32 Å². The maximum absolute atomic E-state index is 11.7. The van der Waals surface area contributed by atoms with Crippen molar-refractivity contribution in [2.24, 2.45) is 0 Å². The van der Waals surface area contributed by atoms with E-state index in [0.29, 0.717) is 5.52 Å². The van der Waals surface area contributed by atoms with Crippen LogP contribution in [0.5, 0.6) is 5.75 Å². The van der Waals surface area contributed by atoms with E-state index in [1.165, 1.54) is 0 Å². The molecule has 0 fully saturated rings. The average Bonchev–Trinajstić information content (AvgIpc) is 2.31. The van der Waals surface area contributed by atoms with Gasteiger partial charge >= 0.3 is 6.09 Å². The standard InChI is InChI=1S/C15H18N2O3/c1-9-5-6-10-7-8-11(13(18)12(10)16-9)17-14(19)20-15(2,3)4/h5-8,18H,1-4H3,(H,17,19). The van der Waals surface area contributed by atoms with E-state index in [0.717, 1.165) is 11.1 Å². The molecule has 0 aliphatic rings. The number of pyridine rings is 1. The fourth-order valence-corrected chi connectivity index (χ4v) is 1.79. The highest BCUT2D eigenvalue weighted by atomic mass is 16.6. The Morgan fingerprint density at radius 2 is 1.90 bits per heavy atom. The number of phenols is 1. The highest BCUT2D eigenvalue weighted by molar-refractivity contribution is 5.95. The summed E-state index contributed by atoms with van der Waals surface area (Å²) in [6, 6.07) is 7.14. The van der Waals surface area contributed by atoms with Crippen molar-refractivity contribution in [2.45, 2.75) is 33.3 Å². The Labute approximate surface area is 117 Å². The van der Waals surface area contributed by atoms with Crippen LogP contribution in [0.25, 0.3) is 10.9 Å². The smallest absolute Gasteiger partial charge is 0.412 e. The molecule has 0 aliphatic carbocycles. The van der Waals surface area contributed by atoms with Crippen LogP contribution in [0.2, 0.25) is 0 Å². The van der Waals surface area contributed by atoms with Crippen LogP contribution in [0.3, 0.4) is 0 Å². The third-order valence-corrected chi connectivity index (χ3v) is 2.61. The first-order valence-electron chi connectivity index (χ1n) is 6.35. The minimum absolute atomic E-state index is 0.0583. The van der Waals surface area contributed by atoms with Crippen molar-refractivity contribution in [3.05, 3.63) is 30.0 Å². The van der Waals surface area contributed by atoms with Crippen molar-refractivity contribution in [3.63, 3.8) is 0 Å². The van der Waals surface area contributed by atoms with E-state index in [-0.39, 0.29) is 11.4 Å². The number of aromatic nitrogens is 1. The maximum Gasteiger partial charge on any atom is 0.412 e. The monoisotopic (exact) mass is 274 g/mol. The summed E-state index contributed by atoms with van der Waals surface area (Å²) in [6.07, 6.45) is -0.611. The van der Waals surface area contributed by atoms with Gasteiger partial charge in [-0.2, -0.15) is 0 Å². The highest BCUT2D eigenvalue weighted by Gasteiger charge is 2.18. The molecule has 0 saturated heterocycles. The molecule has 5 heteroatoms. The lowest BCUT2D eigenvalue weighted by atomic mass is 10.1. The van der Waals surface area contributed by atoms with E-state index in [4.69, 9.17) is 4.74 Å². The molecule has 2 rings (SSSR count). The Morgan fingerprint density at radius 1 is 1.25 bits per heavy atom. The SMILES string of the molecule is Cc1ccc2ccc(NC(=O)OC(C)(C)C)c(O)c2n1. The normalized spacial score (nSPS) is 11.4. The van der Waals surface area contributed by atoms with Crippen molar-refractivity contribution < 1.29 is 14.6 Å². The summed E-state index contributed by atoms with van der Waals surface area (Å²) in [4.78, 5) is 16.0. The van der Waals surface area contributed by atoms with Crippen LogP contribution in [-0.2, 0) is 4.74 Å². The number of phenolic OH excluding ortho intramolecular Hbond substituents is 1. The lowest BCUT2D eigenvalue weighted by molar-refractivity contribution is 0.0635. The van der Waals surface area contributed by atoms with Gasteiger partial charge in [0.1, 0.15) is 11.1 Å². The van der Waals surface area contributed by atoms with Gasteiger partial charge in [0, 0.05) is 11.1 Å². The molecule has 0 bridgehead atoms. The van der Waals surface area contributed by atoms with Crippen molar-refractivity contribution >= 4 is 22.7 Å². The predicted molar refractivity (Wildman–Crippen MR) is 78.0 cm³/mol. The van der Waals surface area contributed by atoms with Crippen LogP contribution in [0.1, 0.15) is 26.5 Å². The van der Waals surface area contributed by atoms with E-state index in [2.05, 4.69) is 10.3 Å². The molecule has 20 heavy (non-hydrogen) atoms. The van der Waals surface area contributed by atoms with Gasteiger partial charge in [-0.25, -0.2) is 9.78 Å². The number of nitrogens with zero attached hydrogens (tertiary/aromatic N) is 1. The molecule has 0 atom stereocenters. The molecule has 1 aromatic carbocycles. The van der Waals surface area contributed by atoms with Crippen molar-refractivity contribution in [1.82, 2.24) is 4.98 Å². The highest BCUT2D eigenvalue weighted by Crippen LogP contribution is 2.31. The molecule has 1 heterocycles. The number of aryl methyl sites for hydroxylation is 1. The third-order valence-electron chi connectivity index (χ3n) is 2.61. The number of carbonyl (C=O) groups excluding carboxylic acids is 1. The number of carbonyl (C=O) groups is 1. The topological polar surface area (TPSA) is 71.5 Å². The zero-order chi connectivity index (χ0) is 14.9. The largest absolute Gasteiger partial charge is 0.504 e. The molecule has 0 spiro atoms. The maximum atomic E-state index is 11.7. The summed E-state index contributed by atoms with van der Waals surface area (Å²) >= 11 is 0. The minimum atomic E-state index is -0.611. The van der Waals surface area contributed by atoms with Gasteiger partial charge in [-0.15, -0.1) is 0 Å². The fraction of sp³-hybridized carbons (Fsp3) is 0.333. The molecule has 5 nitrogen and oxygen atoms in total. The van der Waals surface area contributed by atoms with E-state index < -0.39 is 11.7 Å². The summed E-state index contributed by atoms with van der Waals surface area (Å²) in [7, 11) is 0. The second-order valence-electron chi connectivity index (χ2n) is 5.61. The molecule has 0 radical (unpaired) electrons. The van der Waals surface area contributed by atoms with Gasteiger partial charge in [0.2, 0.25) is 0 Å². The van der Waals surface area contributed by atoms with Gasteiger partial charge < -0.3 is 9.84 Å². The average molecular weight is 274 g/mol.